The fourth-order valence-corrected chi connectivity index (χ4v) is 4.19. The molecule has 0 saturated carbocycles. The van der Waals surface area contributed by atoms with Crippen LogP contribution in [0.3, 0.4) is 0 Å². The lowest BCUT2D eigenvalue weighted by Gasteiger charge is -2.42. The molecule has 2 aliphatic rings. The van der Waals surface area contributed by atoms with Crippen molar-refractivity contribution in [1.82, 2.24) is 4.90 Å². The van der Waals surface area contributed by atoms with Gasteiger partial charge in [0, 0.05) is 18.0 Å². The summed E-state index contributed by atoms with van der Waals surface area (Å²) in [5.74, 6) is -0.779. The number of aliphatic carboxylic acids is 1. The lowest BCUT2D eigenvalue weighted by molar-refractivity contribution is -0.147. The normalized spacial score (nSPS) is 31.4. The second-order valence-corrected chi connectivity index (χ2v) is 6.96. The van der Waals surface area contributed by atoms with Gasteiger partial charge in [-0.1, -0.05) is 29.3 Å². The minimum absolute atomic E-state index is 0.128. The first-order valence-corrected chi connectivity index (χ1v) is 8.23. The predicted molar refractivity (Wildman–Crippen MR) is 85.8 cm³/mol. The highest BCUT2D eigenvalue weighted by atomic mass is 35.5. The molecule has 0 aromatic heterocycles. The van der Waals surface area contributed by atoms with Crippen molar-refractivity contribution in [3.63, 3.8) is 0 Å². The SMILES string of the molecule is CN1[C@H]2CC[C@@H]1[C@H](OCC(=O)O)[C@H](c1ccc(Cl)c(Cl)c1)C2. The van der Waals surface area contributed by atoms with Gasteiger partial charge in [-0.2, -0.15) is 0 Å². The van der Waals surface area contributed by atoms with Crippen molar-refractivity contribution in [2.75, 3.05) is 13.7 Å². The van der Waals surface area contributed by atoms with E-state index in [4.69, 9.17) is 33.0 Å². The van der Waals surface area contributed by atoms with Gasteiger partial charge in [0.1, 0.15) is 6.61 Å². The molecule has 0 radical (unpaired) electrons. The number of benzene rings is 1. The lowest BCUT2D eigenvalue weighted by atomic mass is 9.82. The van der Waals surface area contributed by atoms with Crippen LogP contribution in [-0.4, -0.2) is 47.8 Å². The minimum atomic E-state index is -0.935. The van der Waals surface area contributed by atoms with Gasteiger partial charge in [-0.15, -0.1) is 0 Å². The van der Waals surface area contributed by atoms with Crippen molar-refractivity contribution >= 4 is 29.2 Å². The van der Waals surface area contributed by atoms with E-state index in [1.807, 2.05) is 12.1 Å². The number of nitrogens with zero attached hydrogens (tertiary/aromatic N) is 1. The molecular formula is C16H19Cl2NO3. The molecule has 3 rings (SSSR count). The Hall–Kier alpha value is -0.810. The lowest BCUT2D eigenvalue weighted by Crippen LogP contribution is -2.50. The molecule has 2 heterocycles. The van der Waals surface area contributed by atoms with Gasteiger partial charge in [0.25, 0.3) is 0 Å². The maximum absolute atomic E-state index is 10.9. The molecule has 0 aliphatic carbocycles. The number of carboxylic acid groups (broad SMARTS) is 1. The zero-order valence-corrected chi connectivity index (χ0v) is 13.8. The molecule has 0 unspecified atom stereocenters. The Balaban J connectivity index is 1.89. The molecule has 2 bridgehead atoms. The highest BCUT2D eigenvalue weighted by Crippen LogP contribution is 2.44. The third kappa shape index (κ3) is 2.98. The average Bonchev–Trinajstić information content (AvgIpc) is 2.71. The zero-order valence-electron chi connectivity index (χ0n) is 12.3. The van der Waals surface area contributed by atoms with Crippen molar-refractivity contribution in [3.8, 4) is 0 Å². The van der Waals surface area contributed by atoms with E-state index < -0.39 is 5.97 Å². The summed E-state index contributed by atoms with van der Waals surface area (Å²) in [6, 6.07) is 6.44. The Morgan fingerprint density at radius 1 is 1.36 bits per heavy atom. The molecule has 2 fully saturated rings. The summed E-state index contributed by atoms with van der Waals surface area (Å²) >= 11 is 12.2. The summed E-state index contributed by atoms with van der Waals surface area (Å²) in [5, 5.41) is 10.0. The third-order valence-electron chi connectivity index (χ3n) is 4.97. The van der Waals surface area contributed by atoms with Crippen molar-refractivity contribution in [1.29, 1.82) is 0 Å². The largest absolute Gasteiger partial charge is 0.480 e. The summed E-state index contributed by atoms with van der Waals surface area (Å²) < 4.78 is 5.76. The molecule has 22 heavy (non-hydrogen) atoms. The summed E-state index contributed by atoms with van der Waals surface area (Å²) in [5.41, 5.74) is 1.08. The fourth-order valence-electron chi connectivity index (χ4n) is 3.88. The Labute approximate surface area is 140 Å². The van der Waals surface area contributed by atoms with E-state index >= 15 is 0 Å². The first-order valence-electron chi connectivity index (χ1n) is 7.47. The average molecular weight is 344 g/mol. The van der Waals surface area contributed by atoms with E-state index in [1.165, 1.54) is 0 Å². The van der Waals surface area contributed by atoms with E-state index in [-0.39, 0.29) is 24.7 Å². The van der Waals surface area contributed by atoms with Crippen molar-refractivity contribution in [2.45, 2.75) is 43.4 Å². The van der Waals surface area contributed by atoms with E-state index in [0.29, 0.717) is 16.1 Å². The number of ether oxygens (including phenoxy) is 1. The molecular weight excluding hydrogens is 325 g/mol. The second kappa shape index (κ2) is 6.36. The van der Waals surface area contributed by atoms with Crippen LogP contribution in [0, 0.1) is 0 Å². The molecule has 2 aliphatic heterocycles. The Bertz CT molecular complexity index is 581. The highest BCUT2D eigenvalue weighted by molar-refractivity contribution is 6.42. The summed E-state index contributed by atoms with van der Waals surface area (Å²) in [6.45, 7) is -0.266. The maximum Gasteiger partial charge on any atom is 0.329 e. The van der Waals surface area contributed by atoms with Gasteiger partial charge < -0.3 is 9.84 Å². The van der Waals surface area contributed by atoms with Crippen LogP contribution in [0.25, 0.3) is 0 Å². The van der Waals surface area contributed by atoms with Crippen molar-refractivity contribution < 1.29 is 14.6 Å². The quantitative estimate of drug-likeness (QED) is 0.909. The Morgan fingerprint density at radius 3 is 2.82 bits per heavy atom. The predicted octanol–water partition coefficient (Wildman–Crippen LogP) is 3.41. The van der Waals surface area contributed by atoms with Crippen LogP contribution in [0.4, 0.5) is 0 Å². The summed E-state index contributed by atoms with van der Waals surface area (Å²) in [7, 11) is 2.10. The second-order valence-electron chi connectivity index (χ2n) is 6.15. The fraction of sp³-hybridized carbons (Fsp3) is 0.562. The molecule has 120 valence electrons. The number of carboxylic acids is 1. The molecule has 1 N–H and O–H groups in total. The van der Waals surface area contributed by atoms with Gasteiger partial charge in [0.05, 0.1) is 16.1 Å². The van der Waals surface area contributed by atoms with Crippen LogP contribution < -0.4 is 0 Å². The standard InChI is InChI=1S/C16H19Cl2NO3/c1-19-10-3-5-14(19)16(22-8-15(20)21)11(7-10)9-2-4-12(17)13(18)6-9/h2,4,6,10-11,14,16H,3,5,7-8H2,1H3,(H,20,21)/t10-,11-,14+,16+/m0/s1. The third-order valence-corrected chi connectivity index (χ3v) is 5.71. The van der Waals surface area contributed by atoms with Gasteiger partial charge in [-0.05, 0) is 44.0 Å². The molecule has 0 amide bonds. The number of fused-ring (bicyclic) bond motifs is 2. The van der Waals surface area contributed by atoms with E-state index in [2.05, 4.69) is 11.9 Å². The Morgan fingerprint density at radius 2 is 2.14 bits per heavy atom. The van der Waals surface area contributed by atoms with E-state index in [0.717, 1.165) is 24.8 Å². The molecule has 4 atom stereocenters. The number of halogens is 2. The first-order chi connectivity index (χ1) is 10.5. The van der Waals surface area contributed by atoms with Crippen molar-refractivity contribution in [3.05, 3.63) is 33.8 Å². The van der Waals surface area contributed by atoms with Crippen molar-refractivity contribution in [2.24, 2.45) is 0 Å². The highest BCUT2D eigenvalue weighted by Gasteiger charge is 2.46. The molecule has 1 aromatic carbocycles. The number of piperidine rings is 1. The number of rotatable bonds is 4. The topological polar surface area (TPSA) is 49.8 Å². The van der Waals surface area contributed by atoms with Gasteiger partial charge >= 0.3 is 5.97 Å². The number of hydrogen-bond donors (Lipinski definition) is 1. The van der Waals surface area contributed by atoms with Gasteiger partial charge in [-0.25, -0.2) is 4.79 Å². The Kier molecular flexibility index (Phi) is 4.64. The number of hydrogen-bond acceptors (Lipinski definition) is 3. The summed E-state index contributed by atoms with van der Waals surface area (Å²) in [4.78, 5) is 13.2. The number of carbonyl (C=O) groups is 1. The van der Waals surface area contributed by atoms with Gasteiger partial charge in [0.2, 0.25) is 0 Å². The number of likely N-dealkylation sites (N-methyl/N-ethyl adjacent to an activating group) is 1. The van der Waals surface area contributed by atoms with Gasteiger partial charge in [0.15, 0.2) is 0 Å². The van der Waals surface area contributed by atoms with Crippen LogP contribution in [-0.2, 0) is 9.53 Å². The van der Waals surface area contributed by atoms with Crippen LogP contribution in [0.2, 0.25) is 10.0 Å². The molecule has 4 nitrogen and oxygen atoms in total. The van der Waals surface area contributed by atoms with Crippen LogP contribution in [0.1, 0.15) is 30.7 Å². The maximum atomic E-state index is 10.9. The van der Waals surface area contributed by atoms with Crippen LogP contribution in [0.5, 0.6) is 0 Å². The van der Waals surface area contributed by atoms with Gasteiger partial charge in [-0.3, -0.25) is 4.90 Å². The molecule has 2 saturated heterocycles. The first kappa shape index (κ1) is 16.1. The summed E-state index contributed by atoms with van der Waals surface area (Å²) in [6.07, 6.45) is 3.00. The van der Waals surface area contributed by atoms with E-state index in [1.54, 1.807) is 6.07 Å². The molecule has 1 aromatic rings. The van der Waals surface area contributed by atoms with E-state index in [9.17, 15) is 4.79 Å². The zero-order chi connectivity index (χ0) is 15.9. The monoisotopic (exact) mass is 343 g/mol. The molecule has 6 heteroatoms. The van der Waals surface area contributed by atoms with Crippen LogP contribution in [0.15, 0.2) is 18.2 Å². The molecule has 0 spiro atoms. The minimum Gasteiger partial charge on any atom is -0.480 e. The van der Waals surface area contributed by atoms with Crippen LogP contribution >= 0.6 is 23.2 Å². The smallest absolute Gasteiger partial charge is 0.329 e.